The lowest BCUT2D eigenvalue weighted by molar-refractivity contribution is 0.630. The van der Waals surface area contributed by atoms with Crippen LogP contribution in [-0.2, 0) is 38.5 Å². The van der Waals surface area contributed by atoms with Gasteiger partial charge in [-0.25, -0.2) is 0 Å². The molecule has 4 N–H and O–H groups in total. The minimum Gasteiger partial charge on any atom is -0.399 e. The summed E-state index contributed by atoms with van der Waals surface area (Å²) in [5.41, 5.74) is 27.7. The van der Waals surface area contributed by atoms with Gasteiger partial charge in [0.15, 0.2) is 0 Å². The number of aryl methyl sites for hydroxylation is 2. The van der Waals surface area contributed by atoms with Crippen LogP contribution in [-0.4, -0.2) is 0 Å². The Bertz CT molecular complexity index is 1710. The number of anilines is 2. The van der Waals surface area contributed by atoms with Gasteiger partial charge in [-0.15, -0.1) is 0 Å². The van der Waals surface area contributed by atoms with Crippen molar-refractivity contribution in [3.63, 3.8) is 0 Å². The second kappa shape index (κ2) is 19.8. The molecule has 0 heterocycles. The lowest BCUT2D eigenvalue weighted by Gasteiger charge is -2.16. The van der Waals surface area contributed by atoms with Crippen molar-refractivity contribution in [1.82, 2.24) is 0 Å². The smallest absolute Gasteiger partial charge is 0.0314 e. The Morgan fingerprint density at radius 1 is 0.320 bits per heavy atom. The molecule has 5 aromatic rings. The van der Waals surface area contributed by atoms with E-state index < -0.39 is 0 Å². The van der Waals surface area contributed by atoms with Crippen LogP contribution in [0.5, 0.6) is 0 Å². The Labute approximate surface area is 303 Å². The number of rotatable bonds is 20. The molecule has 0 aromatic heterocycles. The molecule has 0 radical (unpaired) electrons. The Morgan fingerprint density at radius 2 is 0.640 bits per heavy atom. The van der Waals surface area contributed by atoms with Gasteiger partial charge in [-0.3, -0.25) is 0 Å². The van der Waals surface area contributed by atoms with Crippen LogP contribution in [0.4, 0.5) is 11.4 Å². The van der Waals surface area contributed by atoms with Gasteiger partial charge in [-0.1, -0.05) is 150 Å². The monoisotopic (exact) mass is 664 g/mol. The summed E-state index contributed by atoms with van der Waals surface area (Å²) in [6.07, 6.45) is 19.3. The molecule has 0 bridgehead atoms. The Balaban J connectivity index is 1.33. The van der Waals surface area contributed by atoms with Crippen molar-refractivity contribution in [2.75, 3.05) is 11.5 Å². The van der Waals surface area contributed by atoms with Crippen LogP contribution in [0.15, 0.2) is 109 Å². The molecular weight excluding hydrogens is 605 g/mol. The summed E-state index contributed by atoms with van der Waals surface area (Å²) in [4.78, 5) is 0. The van der Waals surface area contributed by atoms with Gasteiger partial charge in [0, 0.05) is 11.4 Å². The highest BCUT2D eigenvalue weighted by atomic mass is 14.5. The topological polar surface area (TPSA) is 52.0 Å². The number of nitrogen functional groups attached to an aromatic ring is 2. The highest BCUT2D eigenvalue weighted by molar-refractivity contribution is 5.44. The molecular formula is C48H60N2. The van der Waals surface area contributed by atoms with Crippen molar-refractivity contribution in [1.29, 1.82) is 0 Å². The van der Waals surface area contributed by atoms with E-state index in [0.717, 1.165) is 49.9 Å². The molecule has 0 aliphatic heterocycles. The summed E-state index contributed by atoms with van der Waals surface area (Å²) in [6, 6.07) is 40.5. The van der Waals surface area contributed by atoms with E-state index in [1.54, 1.807) is 0 Å². The lowest BCUT2D eigenvalue weighted by Crippen LogP contribution is -2.02. The fourth-order valence-corrected chi connectivity index (χ4v) is 7.18. The first-order chi connectivity index (χ1) is 24.5. The standard InChI is InChI=1S/C48H60N2/c1-3-5-7-9-11-13-43-34-41(32-39-23-29-48(50)30-24-39)19-25-46(43)36-42-20-26-45(44(35-42)14-12-10-8-6-4-2)33-40-17-15-37(16-18-40)31-38-21-27-47(49)28-22-38/h15-30,34-35H,3-14,31-33,36,49-50H2,1-2H3. The summed E-state index contributed by atoms with van der Waals surface area (Å²) in [6.45, 7) is 4.59. The third-order valence-electron chi connectivity index (χ3n) is 10.2. The van der Waals surface area contributed by atoms with Gasteiger partial charge >= 0.3 is 0 Å². The first-order valence-corrected chi connectivity index (χ1v) is 19.5. The molecule has 5 aromatic carbocycles. The summed E-state index contributed by atoms with van der Waals surface area (Å²) in [5.74, 6) is 0. The van der Waals surface area contributed by atoms with Gasteiger partial charge in [0.25, 0.3) is 0 Å². The molecule has 0 unspecified atom stereocenters. The van der Waals surface area contributed by atoms with Gasteiger partial charge in [0.1, 0.15) is 0 Å². The number of hydrogen-bond donors (Lipinski definition) is 2. The molecule has 5 rings (SSSR count). The van der Waals surface area contributed by atoms with Crippen molar-refractivity contribution in [2.24, 2.45) is 0 Å². The van der Waals surface area contributed by atoms with Crippen LogP contribution >= 0.6 is 0 Å². The fourth-order valence-electron chi connectivity index (χ4n) is 7.18. The van der Waals surface area contributed by atoms with E-state index >= 15 is 0 Å². The number of benzene rings is 5. The predicted octanol–water partition coefficient (Wildman–Crippen LogP) is 12.2. The third-order valence-corrected chi connectivity index (χ3v) is 10.2. The second-order valence-corrected chi connectivity index (χ2v) is 14.5. The molecule has 0 saturated carbocycles. The SMILES string of the molecule is CCCCCCCc1cc(Cc2ccc(N)cc2)ccc1Cc1ccc(Cc2ccc(Cc3ccc(N)cc3)cc2)c(CCCCCCC)c1. The van der Waals surface area contributed by atoms with Crippen molar-refractivity contribution in [2.45, 2.75) is 117 Å². The lowest BCUT2D eigenvalue weighted by atomic mass is 9.89. The number of unbranched alkanes of at least 4 members (excludes halogenated alkanes) is 8. The summed E-state index contributed by atoms with van der Waals surface area (Å²) in [5, 5.41) is 0. The highest BCUT2D eigenvalue weighted by Gasteiger charge is 2.11. The Kier molecular flexibility index (Phi) is 14.6. The molecule has 0 saturated heterocycles. The minimum atomic E-state index is 0.817. The van der Waals surface area contributed by atoms with Gasteiger partial charge in [-0.05, 0) is 131 Å². The predicted molar refractivity (Wildman–Crippen MR) is 217 cm³/mol. The molecule has 50 heavy (non-hydrogen) atoms. The number of nitrogens with two attached hydrogens (primary N) is 2. The molecule has 0 atom stereocenters. The molecule has 2 heteroatoms. The maximum absolute atomic E-state index is 5.96. The van der Waals surface area contributed by atoms with E-state index in [-0.39, 0.29) is 0 Å². The van der Waals surface area contributed by atoms with Crippen LogP contribution in [0.3, 0.4) is 0 Å². The zero-order valence-corrected chi connectivity index (χ0v) is 30.9. The van der Waals surface area contributed by atoms with Crippen LogP contribution in [0, 0.1) is 0 Å². The normalized spacial score (nSPS) is 11.2. The van der Waals surface area contributed by atoms with Gasteiger partial charge in [0.2, 0.25) is 0 Å². The van der Waals surface area contributed by atoms with Gasteiger partial charge < -0.3 is 11.5 Å². The molecule has 2 nitrogen and oxygen atoms in total. The largest absolute Gasteiger partial charge is 0.399 e. The highest BCUT2D eigenvalue weighted by Crippen LogP contribution is 2.25. The second-order valence-electron chi connectivity index (χ2n) is 14.5. The maximum Gasteiger partial charge on any atom is 0.0314 e. The third kappa shape index (κ3) is 11.9. The first kappa shape index (κ1) is 37.0. The van der Waals surface area contributed by atoms with E-state index in [9.17, 15) is 0 Å². The van der Waals surface area contributed by atoms with E-state index in [2.05, 4.69) is 98.8 Å². The quantitative estimate of drug-likeness (QED) is 0.0642. The van der Waals surface area contributed by atoms with Crippen molar-refractivity contribution >= 4 is 11.4 Å². The molecule has 0 spiro atoms. The molecule has 0 aliphatic carbocycles. The minimum absolute atomic E-state index is 0.817. The Hall–Kier alpha value is -4.30. The van der Waals surface area contributed by atoms with E-state index in [0.29, 0.717) is 0 Å². The average molecular weight is 665 g/mol. The summed E-state index contributed by atoms with van der Waals surface area (Å²) < 4.78 is 0. The van der Waals surface area contributed by atoms with Gasteiger partial charge in [-0.2, -0.15) is 0 Å². The van der Waals surface area contributed by atoms with Crippen LogP contribution in [0.1, 0.15) is 134 Å². The van der Waals surface area contributed by atoms with Crippen LogP contribution in [0.25, 0.3) is 0 Å². The average Bonchev–Trinajstić information content (AvgIpc) is 3.13. The molecule has 0 amide bonds. The fraction of sp³-hybridized carbons (Fsp3) is 0.375. The van der Waals surface area contributed by atoms with E-state index in [1.807, 2.05) is 24.3 Å². The zero-order chi connectivity index (χ0) is 35.0. The van der Waals surface area contributed by atoms with Crippen LogP contribution in [0.2, 0.25) is 0 Å². The molecule has 0 aliphatic rings. The number of hydrogen-bond acceptors (Lipinski definition) is 2. The van der Waals surface area contributed by atoms with Crippen molar-refractivity contribution < 1.29 is 0 Å². The van der Waals surface area contributed by atoms with E-state index in [1.165, 1.54) is 120 Å². The maximum atomic E-state index is 5.96. The summed E-state index contributed by atoms with van der Waals surface area (Å²) >= 11 is 0. The Morgan fingerprint density at radius 3 is 1.08 bits per heavy atom. The van der Waals surface area contributed by atoms with Crippen molar-refractivity contribution in [3.05, 3.63) is 165 Å². The van der Waals surface area contributed by atoms with Crippen molar-refractivity contribution in [3.8, 4) is 0 Å². The van der Waals surface area contributed by atoms with E-state index in [4.69, 9.17) is 11.5 Å². The van der Waals surface area contributed by atoms with Gasteiger partial charge in [0.05, 0.1) is 0 Å². The first-order valence-electron chi connectivity index (χ1n) is 19.5. The molecule has 0 fully saturated rings. The molecule has 262 valence electrons. The zero-order valence-electron chi connectivity index (χ0n) is 30.9. The summed E-state index contributed by atoms with van der Waals surface area (Å²) in [7, 11) is 0. The van der Waals surface area contributed by atoms with Crippen LogP contribution < -0.4 is 11.5 Å².